The second kappa shape index (κ2) is 8.04. The van der Waals surface area contributed by atoms with E-state index in [0.29, 0.717) is 24.0 Å². The minimum absolute atomic E-state index is 0.136. The number of aromatic amines is 1. The lowest BCUT2D eigenvalue weighted by atomic mass is 10.0. The van der Waals surface area contributed by atoms with Crippen LogP contribution in [0.1, 0.15) is 27.2 Å². The van der Waals surface area contributed by atoms with E-state index in [-0.39, 0.29) is 18.5 Å². The van der Waals surface area contributed by atoms with Gasteiger partial charge >= 0.3 is 0 Å². The average molecular weight is 430 g/mol. The van der Waals surface area contributed by atoms with Crippen LogP contribution in [0.5, 0.6) is 11.5 Å². The Morgan fingerprint density at radius 3 is 2.56 bits per heavy atom. The van der Waals surface area contributed by atoms with Crippen LogP contribution in [-0.4, -0.2) is 24.2 Å². The number of amides is 1. The molecule has 0 unspecified atom stereocenters. The highest BCUT2D eigenvalue weighted by atomic mass is 19.1. The van der Waals surface area contributed by atoms with Crippen LogP contribution in [0.15, 0.2) is 54.6 Å². The molecule has 0 radical (unpaired) electrons. The maximum Gasteiger partial charge on any atom is 0.251 e. The number of aryl methyl sites for hydroxylation is 2. The molecule has 0 spiro atoms. The molecule has 5 rings (SSSR count). The number of H-pyrrole nitrogens is 1. The summed E-state index contributed by atoms with van der Waals surface area (Å²) in [5, 5.41) is 3.88. The fourth-order valence-corrected chi connectivity index (χ4v) is 4.25. The Hall–Kier alpha value is -3.80. The molecule has 0 saturated heterocycles. The van der Waals surface area contributed by atoms with Crippen molar-refractivity contribution in [2.75, 3.05) is 13.3 Å². The zero-order valence-electron chi connectivity index (χ0n) is 17.9. The fraction of sp³-hybridized carbons (Fsp3) is 0.192. The van der Waals surface area contributed by atoms with E-state index in [4.69, 9.17) is 9.47 Å². The largest absolute Gasteiger partial charge is 0.454 e. The van der Waals surface area contributed by atoms with Gasteiger partial charge in [0.05, 0.1) is 5.52 Å². The molecule has 0 aliphatic carbocycles. The Kier molecular flexibility index (Phi) is 5.05. The molecule has 2 heterocycles. The summed E-state index contributed by atoms with van der Waals surface area (Å²) in [5.41, 5.74) is 6.10. The lowest BCUT2D eigenvalue weighted by Gasteiger charge is -2.08. The molecular weight excluding hydrogens is 407 g/mol. The second-order valence-electron chi connectivity index (χ2n) is 7.99. The number of rotatable bonds is 5. The van der Waals surface area contributed by atoms with Crippen LogP contribution in [-0.2, 0) is 6.42 Å². The van der Waals surface area contributed by atoms with Crippen molar-refractivity contribution in [1.29, 1.82) is 0 Å². The molecule has 32 heavy (non-hydrogen) atoms. The highest BCUT2D eigenvalue weighted by molar-refractivity contribution is 5.95. The van der Waals surface area contributed by atoms with E-state index >= 15 is 0 Å². The van der Waals surface area contributed by atoms with Crippen LogP contribution in [0.2, 0.25) is 0 Å². The number of aromatic nitrogens is 1. The molecule has 1 aliphatic heterocycles. The van der Waals surface area contributed by atoms with Crippen molar-refractivity contribution in [2.45, 2.75) is 20.3 Å². The van der Waals surface area contributed by atoms with Gasteiger partial charge in [0.15, 0.2) is 11.5 Å². The molecule has 0 saturated carbocycles. The number of carbonyl (C=O) groups is 1. The summed E-state index contributed by atoms with van der Waals surface area (Å²) < 4.78 is 24.9. The van der Waals surface area contributed by atoms with Crippen molar-refractivity contribution in [3.05, 3.63) is 82.8 Å². The van der Waals surface area contributed by atoms with Gasteiger partial charge in [-0.25, -0.2) is 4.39 Å². The number of halogens is 1. The summed E-state index contributed by atoms with van der Waals surface area (Å²) in [7, 11) is 0. The summed E-state index contributed by atoms with van der Waals surface area (Å²) in [4.78, 5) is 15.8. The van der Waals surface area contributed by atoms with Gasteiger partial charge in [-0.1, -0.05) is 24.3 Å². The molecule has 4 aromatic rings. The lowest BCUT2D eigenvalue weighted by Crippen LogP contribution is -2.25. The van der Waals surface area contributed by atoms with E-state index in [1.165, 1.54) is 6.07 Å². The van der Waals surface area contributed by atoms with Crippen LogP contribution >= 0.6 is 0 Å². The topological polar surface area (TPSA) is 63.4 Å². The van der Waals surface area contributed by atoms with Crippen molar-refractivity contribution in [3.8, 4) is 22.6 Å². The lowest BCUT2D eigenvalue weighted by molar-refractivity contribution is 0.0954. The van der Waals surface area contributed by atoms with E-state index in [1.54, 1.807) is 6.07 Å². The van der Waals surface area contributed by atoms with Crippen molar-refractivity contribution in [1.82, 2.24) is 10.3 Å². The van der Waals surface area contributed by atoms with E-state index in [1.807, 2.05) is 56.3 Å². The predicted octanol–water partition coefficient (Wildman–Crippen LogP) is 5.29. The second-order valence-corrected chi connectivity index (χ2v) is 7.99. The molecule has 0 bridgehead atoms. The summed E-state index contributed by atoms with van der Waals surface area (Å²) in [5.74, 6) is 1.08. The summed E-state index contributed by atoms with van der Waals surface area (Å²) in [6.07, 6.45) is 0.622. The van der Waals surface area contributed by atoms with E-state index in [9.17, 15) is 9.18 Å². The highest BCUT2D eigenvalue weighted by Crippen LogP contribution is 2.36. The number of ether oxygens (including phenoxy) is 2. The van der Waals surface area contributed by atoms with Gasteiger partial charge in [-0.2, -0.15) is 0 Å². The van der Waals surface area contributed by atoms with Crippen molar-refractivity contribution in [2.24, 2.45) is 0 Å². The number of hydrogen-bond acceptors (Lipinski definition) is 3. The van der Waals surface area contributed by atoms with E-state index in [2.05, 4.69) is 10.3 Å². The van der Waals surface area contributed by atoms with Gasteiger partial charge in [0.2, 0.25) is 6.79 Å². The SMILES string of the molecule is Cc1[nH]c2c(F)ccc(C)c2c1CCNC(=O)c1ccc(-c2ccc3c(c2)OCO3)cc1. The highest BCUT2D eigenvalue weighted by Gasteiger charge is 2.16. The Balaban J connectivity index is 1.26. The molecule has 1 aliphatic rings. The number of fused-ring (bicyclic) bond motifs is 2. The van der Waals surface area contributed by atoms with Crippen molar-refractivity contribution in [3.63, 3.8) is 0 Å². The fourth-order valence-electron chi connectivity index (χ4n) is 4.25. The minimum Gasteiger partial charge on any atom is -0.454 e. The smallest absolute Gasteiger partial charge is 0.251 e. The third-order valence-electron chi connectivity index (χ3n) is 5.94. The first-order valence-corrected chi connectivity index (χ1v) is 10.6. The standard InChI is InChI=1S/C26H23FN2O3/c1-15-3-9-21(27)25-24(15)20(16(2)29-25)11-12-28-26(30)18-6-4-17(5-7-18)19-8-10-22-23(13-19)32-14-31-22/h3-10,13,29H,11-12,14H2,1-2H3,(H,28,30). The van der Waals surface area contributed by atoms with Crippen LogP contribution in [0.3, 0.4) is 0 Å². The Morgan fingerprint density at radius 2 is 1.75 bits per heavy atom. The van der Waals surface area contributed by atoms with E-state index < -0.39 is 0 Å². The Bertz CT molecular complexity index is 1330. The van der Waals surface area contributed by atoms with E-state index in [0.717, 1.165) is 44.8 Å². The quantitative estimate of drug-likeness (QED) is 0.452. The first-order chi connectivity index (χ1) is 15.5. The Morgan fingerprint density at radius 1 is 1.00 bits per heavy atom. The molecule has 0 atom stereocenters. The molecule has 0 fully saturated rings. The number of benzene rings is 3. The van der Waals surface area contributed by atoms with Crippen molar-refractivity contribution < 1.29 is 18.7 Å². The monoisotopic (exact) mass is 430 g/mol. The molecule has 2 N–H and O–H groups in total. The summed E-state index contributed by atoms with van der Waals surface area (Å²) in [6, 6.07) is 16.5. The third-order valence-corrected chi connectivity index (χ3v) is 5.94. The summed E-state index contributed by atoms with van der Waals surface area (Å²) >= 11 is 0. The Labute approximate surface area is 185 Å². The van der Waals surface area contributed by atoms with Gasteiger partial charge in [0.1, 0.15) is 5.82 Å². The molecule has 6 heteroatoms. The minimum atomic E-state index is -0.258. The molecule has 1 aromatic heterocycles. The van der Waals surface area contributed by atoms with Crippen LogP contribution in [0, 0.1) is 19.7 Å². The van der Waals surface area contributed by atoms with Gasteiger partial charge in [0, 0.05) is 23.2 Å². The first-order valence-electron chi connectivity index (χ1n) is 10.6. The molecular formula is C26H23FN2O3. The average Bonchev–Trinajstić information content (AvgIpc) is 3.41. The zero-order valence-corrected chi connectivity index (χ0v) is 17.9. The maximum absolute atomic E-state index is 14.1. The number of nitrogens with one attached hydrogen (secondary N) is 2. The predicted molar refractivity (Wildman–Crippen MR) is 122 cm³/mol. The molecule has 1 amide bonds. The van der Waals surface area contributed by atoms with Crippen LogP contribution in [0.4, 0.5) is 4.39 Å². The van der Waals surface area contributed by atoms with Gasteiger partial charge in [-0.05, 0) is 72.9 Å². The van der Waals surface area contributed by atoms with Gasteiger partial charge in [0.25, 0.3) is 5.91 Å². The number of hydrogen-bond donors (Lipinski definition) is 2. The van der Waals surface area contributed by atoms with Crippen LogP contribution in [0.25, 0.3) is 22.0 Å². The molecule has 3 aromatic carbocycles. The third kappa shape index (κ3) is 3.58. The van der Waals surface area contributed by atoms with Crippen molar-refractivity contribution >= 4 is 16.8 Å². The first kappa shape index (κ1) is 20.1. The molecule has 162 valence electrons. The maximum atomic E-state index is 14.1. The zero-order chi connectivity index (χ0) is 22.2. The van der Waals surface area contributed by atoms with Gasteiger partial charge < -0.3 is 19.8 Å². The van der Waals surface area contributed by atoms with Crippen LogP contribution < -0.4 is 14.8 Å². The van der Waals surface area contributed by atoms with Gasteiger partial charge in [-0.3, -0.25) is 4.79 Å². The van der Waals surface area contributed by atoms with Gasteiger partial charge in [-0.15, -0.1) is 0 Å². The molecule has 5 nitrogen and oxygen atoms in total. The normalized spacial score (nSPS) is 12.3. The summed E-state index contributed by atoms with van der Waals surface area (Å²) in [6.45, 7) is 4.61. The number of carbonyl (C=O) groups excluding carboxylic acids is 1.